The average molecular weight is 247 g/mol. The first kappa shape index (κ1) is 12.2. The van der Waals surface area contributed by atoms with Crippen molar-refractivity contribution in [2.24, 2.45) is 0 Å². The number of methoxy groups -OCH3 is 1. The highest BCUT2D eigenvalue weighted by Gasteiger charge is 2.08. The molecule has 0 aliphatic carbocycles. The van der Waals surface area contributed by atoms with Crippen molar-refractivity contribution in [1.82, 2.24) is 4.73 Å². The van der Waals surface area contributed by atoms with Gasteiger partial charge in [0.25, 0.3) is 5.56 Å². The van der Waals surface area contributed by atoms with E-state index >= 15 is 0 Å². The summed E-state index contributed by atoms with van der Waals surface area (Å²) in [7, 11) is 1.56. The maximum absolute atomic E-state index is 11.7. The number of hydrogen-bond acceptors (Lipinski definition) is 4. The van der Waals surface area contributed by atoms with Gasteiger partial charge in [-0.2, -0.15) is 0 Å². The Morgan fingerprint density at radius 2 is 2.06 bits per heavy atom. The summed E-state index contributed by atoms with van der Waals surface area (Å²) in [6, 6.07) is 8.17. The van der Waals surface area contributed by atoms with E-state index < -0.39 is 5.97 Å². The number of benzene rings is 1. The highest BCUT2D eigenvalue weighted by atomic mass is 16.7. The van der Waals surface area contributed by atoms with Gasteiger partial charge in [-0.25, -0.2) is 4.79 Å². The SMILES string of the molecule is CCC(=O)On1c(=O)ccc2cc(OC)ccc21. The summed E-state index contributed by atoms with van der Waals surface area (Å²) in [4.78, 5) is 28.0. The molecular formula is C13H13NO4. The molecule has 0 saturated heterocycles. The largest absolute Gasteiger partial charge is 0.497 e. The van der Waals surface area contributed by atoms with Crippen LogP contribution in [-0.4, -0.2) is 17.8 Å². The molecule has 1 heterocycles. The third kappa shape index (κ3) is 2.20. The maximum Gasteiger partial charge on any atom is 0.332 e. The molecule has 18 heavy (non-hydrogen) atoms. The van der Waals surface area contributed by atoms with Crippen molar-refractivity contribution in [2.45, 2.75) is 13.3 Å². The molecule has 1 aromatic heterocycles. The lowest BCUT2D eigenvalue weighted by atomic mass is 10.2. The molecule has 5 nitrogen and oxygen atoms in total. The van der Waals surface area contributed by atoms with Crippen LogP contribution in [0.2, 0.25) is 0 Å². The zero-order valence-corrected chi connectivity index (χ0v) is 10.2. The van der Waals surface area contributed by atoms with Crippen LogP contribution in [0.15, 0.2) is 35.1 Å². The van der Waals surface area contributed by atoms with Gasteiger partial charge in [-0.1, -0.05) is 6.92 Å². The van der Waals surface area contributed by atoms with Gasteiger partial charge in [0.2, 0.25) is 0 Å². The van der Waals surface area contributed by atoms with E-state index in [0.29, 0.717) is 11.3 Å². The molecule has 0 atom stereocenters. The summed E-state index contributed by atoms with van der Waals surface area (Å²) in [6.45, 7) is 1.67. The summed E-state index contributed by atoms with van der Waals surface area (Å²) in [6.07, 6.45) is 0.207. The fraction of sp³-hybridized carbons (Fsp3) is 0.231. The van der Waals surface area contributed by atoms with Crippen molar-refractivity contribution in [1.29, 1.82) is 0 Å². The maximum atomic E-state index is 11.7. The molecule has 2 aromatic rings. The van der Waals surface area contributed by atoms with Gasteiger partial charge in [0, 0.05) is 17.9 Å². The smallest absolute Gasteiger partial charge is 0.332 e. The zero-order chi connectivity index (χ0) is 13.1. The number of nitrogens with zero attached hydrogens (tertiary/aromatic N) is 1. The second kappa shape index (κ2) is 4.91. The van der Waals surface area contributed by atoms with Crippen LogP contribution in [0.1, 0.15) is 13.3 Å². The van der Waals surface area contributed by atoms with Crippen LogP contribution in [-0.2, 0) is 4.79 Å². The third-order valence-corrected chi connectivity index (χ3v) is 2.54. The van der Waals surface area contributed by atoms with Crippen molar-refractivity contribution in [3.8, 4) is 5.75 Å². The van der Waals surface area contributed by atoms with Crippen LogP contribution >= 0.6 is 0 Å². The van der Waals surface area contributed by atoms with Crippen LogP contribution < -0.4 is 15.1 Å². The van der Waals surface area contributed by atoms with Crippen molar-refractivity contribution in [2.75, 3.05) is 7.11 Å². The Hall–Kier alpha value is -2.30. The molecule has 0 fully saturated rings. The normalized spacial score (nSPS) is 10.3. The van der Waals surface area contributed by atoms with Gasteiger partial charge in [0.15, 0.2) is 0 Å². The van der Waals surface area contributed by atoms with E-state index in [1.807, 2.05) is 0 Å². The van der Waals surface area contributed by atoms with Crippen LogP contribution in [0, 0.1) is 0 Å². The number of fused-ring (bicyclic) bond motifs is 1. The van der Waals surface area contributed by atoms with Gasteiger partial charge in [-0.3, -0.25) is 4.79 Å². The fourth-order valence-electron chi connectivity index (χ4n) is 1.59. The fourth-order valence-corrected chi connectivity index (χ4v) is 1.59. The zero-order valence-electron chi connectivity index (χ0n) is 10.2. The molecular weight excluding hydrogens is 234 g/mol. The van der Waals surface area contributed by atoms with Crippen LogP contribution in [0.4, 0.5) is 0 Å². The molecule has 0 aliphatic rings. The van der Waals surface area contributed by atoms with Crippen molar-refractivity contribution in [3.05, 3.63) is 40.7 Å². The van der Waals surface area contributed by atoms with Gasteiger partial charge < -0.3 is 9.57 Å². The molecule has 0 unspecified atom stereocenters. The second-order valence-electron chi connectivity index (χ2n) is 3.71. The lowest BCUT2D eigenvalue weighted by Crippen LogP contribution is -2.30. The monoisotopic (exact) mass is 247 g/mol. The number of rotatable bonds is 3. The molecule has 2 rings (SSSR count). The number of carbonyl (C=O) groups excluding carboxylic acids is 1. The Labute approximate surface area is 104 Å². The molecule has 0 aliphatic heterocycles. The molecule has 0 amide bonds. The summed E-state index contributed by atoms with van der Waals surface area (Å²) < 4.78 is 6.10. The lowest BCUT2D eigenvalue weighted by molar-refractivity contribution is -0.143. The average Bonchev–Trinajstić information content (AvgIpc) is 2.41. The van der Waals surface area contributed by atoms with Crippen LogP contribution in [0.3, 0.4) is 0 Å². The van der Waals surface area contributed by atoms with Crippen LogP contribution in [0.25, 0.3) is 10.9 Å². The van der Waals surface area contributed by atoms with E-state index in [9.17, 15) is 9.59 Å². The Balaban J connectivity index is 2.60. The van der Waals surface area contributed by atoms with Crippen LogP contribution in [0.5, 0.6) is 5.75 Å². The summed E-state index contributed by atoms with van der Waals surface area (Å²) in [5.41, 5.74) is 0.152. The molecule has 0 radical (unpaired) electrons. The number of carbonyl (C=O) groups is 1. The Morgan fingerprint density at radius 1 is 1.28 bits per heavy atom. The van der Waals surface area contributed by atoms with Gasteiger partial charge in [-0.15, -0.1) is 4.73 Å². The number of ether oxygens (including phenoxy) is 1. The van der Waals surface area contributed by atoms with Gasteiger partial charge in [0.05, 0.1) is 12.6 Å². The third-order valence-electron chi connectivity index (χ3n) is 2.54. The van der Waals surface area contributed by atoms with E-state index in [4.69, 9.17) is 9.57 Å². The van der Waals surface area contributed by atoms with Crippen molar-refractivity contribution in [3.63, 3.8) is 0 Å². The van der Waals surface area contributed by atoms with Crippen molar-refractivity contribution >= 4 is 16.9 Å². The van der Waals surface area contributed by atoms with E-state index in [0.717, 1.165) is 10.1 Å². The molecule has 1 aromatic carbocycles. The Kier molecular flexibility index (Phi) is 3.32. The standard InChI is InChI=1S/C13H13NO4/c1-3-13(16)18-14-11-6-5-10(17-2)8-9(11)4-7-12(14)15/h4-8H,3H2,1-2H3. The minimum Gasteiger partial charge on any atom is -0.497 e. The summed E-state index contributed by atoms with van der Waals surface area (Å²) in [5.74, 6) is 0.218. The first-order valence-electron chi connectivity index (χ1n) is 5.56. The summed E-state index contributed by atoms with van der Waals surface area (Å²) >= 11 is 0. The highest BCUT2D eigenvalue weighted by molar-refractivity contribution is 5.81. The minimum absolute atomic E-state index is 0.207. The molecule has 0 saturated carbocycles. The van der Waals surface area contributed by atoms with E-state index in [-0.39, 0.29) is 12.0 Å². The second-order valence-corrected chi connectivity index (χ2v) is 3.71. The highest BCUT2D eigenvalue weighted by Crippen LogP contribution is 2.18. The predicted octanol–water partition coefficient (Wildman–Crippen LogP) is 1.38. The summed E-state index contributed by atoms with van der Waals surface area (Å²) in [5, 5.41) is 0.762. The Morgan fingerprint density at radius 3 is 2.72 bits per heavy atom. The molecule has 0 spiro atoms. The van der Waals surface area contributed by atoms with Crippen molar-refractivity contribution < 1.29 is 14.4 Å². The first-order valence-corrected chi connectivity index (χ1v) is 5.56. The number of aromatic nitrogens is 1. The minimum atomic E-state index is -0.458. The number of pyridine rings is 1. The first-order chi connectivity index (χ1) is 8.65. The van der Waals surface area contributed by atoms with Gasteiger partial charge in [-0.05, 0) is 24.3 Å². The number of hydrogen-bond donors (Lipinski definition) is 0. The van der Waals surface area contributed by atoms with Gasteiger partial charge >= 0.3 is 5.97 Å². The van der Waals surface area contributed by atoms with E-state index in [1.165, 1.54) is 6.07 Å². The predicted molar refractivity (Wildman–Crippen MR) is 66.6 cm³/mol. The van der Waals surface area contributed by atoms with Gasteiger partial charge in [0.1, 0.15) is 5.75 Å². The lowest BCUT2D eigenvalue weighted by Gasteiger charge is -2.09. The topological polar surface area (TPSA) is 57.5 Å². The quantitative estimate of drug-likeness (QED) is 0.822. The molecule has 94 valence electrons. The molecule has 0 N–H and O–H groups in total. The Bertz CT molecular complexity index is 645. The van der Waals surface area contributed by atoms with E-state index in [2.05, 4.69) is 0 Å². The van der Waals surface area contributed by atoms with E-state index in [1.54, 1.807) is 38.3 Å². The molecule has 0 bridgehead atoms. The molecule has 5 heteroatoms.